The highest BCUT2D eigenvalue weighted by Crippen LogP contribution is 2.29. The Hall–Kier alpha value is -1.75. The summed E-state index contributed by atoms with van der Waals surface area (Å²) >= 11 is 5.80. The molecule has 1 aliphatic heterocycles. The lowest BCUT2D eigenvalue weighted by Crippen LogP contribution is -2.45. The lowest BCUT2D eigenvalue weighted by atomic mass is 10.1. The molecule has 1 aromatic carbocycles. The van der Waals surface area contributed by atoms with Gasteiger partial charge in [0.2, 0.25) is 6.04 Å². The molecular formula is C11H11ClN2O3. The predicted molar refractivity (Wildman–Crippen MR) is 64.1 cm³/mol. The number of benzene rings is 1. The van der Waals surface area contributed by atoms with Crippen LogP contribution in [-0.2, 0) is 14.3 Å². The number of halogens is 1. The number of ether oxygens (including phenoxy) is 1. The minimum atomic E-state index is -1.01. The van der Waals surface area contributed by atoms with Crippen LogP contribution in [0.5, 0.6) is 0 Å². The van der Waals surface area contributed by atoms with Crippen LogP contribution in [0.1, 0.15) is 6.92 Å². The summed E-state index contributed by atoms with van der Waals surface area (Å²) in [6, 6.07) is 3.98. The number of fused-ring (bicyclic) bond motifs is 1. The van der Waals surface area contributed by atoms with Gasteiger partial charge in [-0.05, 0) is 25.1 Å². The van der Waals surface area contributed by atoms with Gasteiger partial charge in [-0.1, -0.05) is 11.6 Å². The topological polar surface area (TPSA) is 67.4 Å². The van der Waals surface area contributed by atoms with E-state index in [0.717, 1.165) is 0 Å². The van der Waals surface area contributed by atoms with Crippen molar-refractivity contribution in [3.63, 3.8) is 0 Å². The first-order valence-corrected chi connectivity index (χ1v) is 5.53. The summed E-state index contributed by atoms with van der Waals surface area (Å²) in [7, 11) is 0. The molecule has 0 aliphatic carbocycles. The largest absolute Gasteiger partial charge is 0.464 e. The fourth-order valence-corrected chi connectivity index (χ4v) is 1.74. The second-order valence-corrected chi connectivity index (χ2v) is 3.94. The molecule has 1 aromatic rings. The third-order valence-corrected chi connectivity index (χ3v) is 2.56. The van der Waals surface area contributed by atoms with Gasteiger partial charge >= 0.3 is 5.97 Å². The molecule has 1 heterocycles. The van der Waals surface area contributed by atoms with Gasteiger partial charge in [0.1, 0.15) is 0 Å². The molecule has 1 atom stereocenters. The van der Waals surface area contributed by atoms with Crippen molar-refractivity contribution in [1.82, 2.24) is 0 Å². The molecule has 2 N–H and O–H groups in total. The van der Waals surface area contributed by atoms with E-state index < -0.39 is 17.9 Å². The smallest absolute Gasteiger partial charge is 0.338 e. The summed E-state index contributed by atoms with van der Waals surface area (Å²) in [6.07, 6.45) is 0. The minimum Gasteiger partial charge on any atom is -0.464 e. The molecule has 0 spiro atoms. The average Bonchev–Trinajstić information content (AvgIpc) is 2.28. The number of carbonyl (C=O) groups is 2. The molecule has 0 aromatic heterocycles. The average molecular weight is 255 g/mol. The van der Waals surface area contributed by atoms with Gasteiger partial charge in [-0.2, -0.15) is 0 Å². The molecule has 1 amide bonds. The highest BCUT2D eigenvalue weighted by molar-refractivity contribution is 6.31. The van der Waals surface area contributed by atoms with Crippen LogP contribution in [0.3, 0.4) is 0 Å². The summed E-state index contributed by atoms with van der Waals surface area (Å²) < 4.78 is 4.80. The van der Waals surface area contributed by atoms with Crippen LogP contribution in [0, 0.1) is 0 Å². The molecule has 0 radical (unpaired) electrons. The van der Waals surface area contributed by atoms with Crippen molar-refractivity contribution in [3.05, 3.63) is 23.2 Å². The van der Waals surface area contributed by atoms with Crippen LogP contribution in [0.25, 0.3) is 0 Å². The highest BCUT2D eigenvalue weighted by Gasteiger charge is 2.32. The van der Waals surface area contributed by atoms with E-state index in [9.17, 15) is 9.59 Å². The van der Waals surface area contributed by atoms with Gasteiger partial charge in [-0.25, -0.2) is 4.79 Å². The number of rotatable bonds is 2. The quantitative estimate of drug-likeness (QED) is 0.622. The maximum absolute atomic E-state index is 11.7. The number of esters is 1. The maximum Gasteiger partial charge on any atom is 0.338 e. The molecule has 6 heteroatoms. The van der Waals surface area contributed by atoms with Gasteiger partial charge in [-0.3, -0.25) is 4.79 Å². The summed E-state index contributed by atoms with van der Waals surface area (Å²) in [4.78, 5) is 23.2. The van der Waals surface area contributed by atoms with Crippen LogP contribution in [-0.4, -0.2) is 24.5 Å². The Balaban J connectivity index is 2.24. The first-order valence-electron chi connectivity index (χ1n) is 5.15. The van der Waals surface area contributed by atoms with E-state index in [2.05, 4.69) is 10.6 Å². The monoisotopic (exact) mass is 254 g/mol. The second kappa shape index (κ2) is 4.63. The van der Waals surface area contributed by atoms with E-state index in [1.807, 2.05) is 0 Å². The summed E-state index contributed by atoms with van der Waals surface area (Å²) in [5, 5.41) is 5.93. The molecule has 0 fully saturated rings. The molecule has 5 nitrogen and oxygen atoms in total. The van der Waals surface area contributed by atoms with Gasteiger partial charge in [-0.15, -0.1) is 0 Å². The Kier molecular flexibility index (Phi) is 3.19. The third-order valence-electron chi connectivity index (χ3n) is 2.32. The molecule has 0 saturated carbocycles. The minimum absolute atomic E-state index is 0.234. The van der Waals surface area contributed by atoms with Crippen molar-refractivity contribution in [2.75, 3.05) is 17.2 Å². The van der Waals surface area contributed by atoms with E-state index in [1.54, 1.807) is 25.1 Å². The number of nitrogens with one attached hydrogen (secondary N) is 2. The predicted octanol–water partition coefficient (Wildman–Crippen LogP) is 1.64. The standard InChI is InChI=1S/C11H11ClN2O3/c1-2-17-11(16)9-10(15)14-8-5-6(12)3-4-7(8)13-9/h3-5,9,13H,2H2,1H3,(H,14,15). The molecule has 2 rings (SSSR count). The Morgan fingerprint density at radius 3 is 2.94 bits per heavy atom. The van der Waals surface area contributed by atoms with Crippen LogP contribution in [0.2, 0.25) is 5.02 Å². The van der Waals surface area contributed by atoms with Crippen molar-refractivity contribution in [2.24, 2.45) is 0 Å². The Bertz CT molecular complexity index is 476. The van der Waals surface area contributed by atoms with Crippen molar-refractivity contribution in [2.45, 2.75) is 13.0 Å². The Morgan fingerprint density at radius 1 is 1.47 bits per heavy atom. The zero-order chi connectivity index (χ0) is 12.4. The Morgan fingerprint density at radius 2 is 2.24 bits per heavy atom. The van der Waals surface area contributed by atoms with Crippen molar-refractivity contribution in [1.29, 1.82) is 0 Å². The zero-order valence-corrected chi connectivity index (χ0v) is 9.88. The zero-order valence-electron chi connectivity index (χ0n) is 9.12. The SMILES string of the molecule is CCOC(=O)C1Nc2ccc(Cl)cc2NC1=O. The van der Waals surface area contributed by atoms with Gasteiger partial charge in [0.25, 0.3) is 5.91 Å². The lowest BCUT2D eigenvalue weighted by Gasteiger charge is -2.25. The van der Waals surface area contributed by atoms with Crippen molar-refractivity contribution in [3.8, 4) is 0 Å². The number of amides is 1. The molecule has 1 unspecified atom stereocenters. The summed E-state index contributed by atoms with van der Waals surface area (Å²) in [5.74, 6) is -1.04. The first-order chi connectivity index (χ1) is 8.11. The molecule has 17 heavy (non-hydrogen) atoms. The Labute approximate surface area is 103 Å². The number of anilines is 2. The number of hydrogen-bond acceptors (Lipinski definition) is 4. The van der Waals surface area contributed by atoms with Crippen LogP contribution in [0.4, 0.5) is 11.4 Å². The van der Waals surface area contributed by atoms with Crippen LogP contribution < -0.4 is 10.6 Å². The maximum atomic E-state index is 11.7. The third kappa shape index (κ3) is 2.34. The van der Waals surface area contributed by atoms with E-state index in [0.29, 0.717) is 16.4 Å². The molecule has 0 bridgehead atoms. The van der Waals surface area contributed by atoms with E-state index in [-0.39, 0.29) is 6.61 Å². The van der Waals surface area contributed by atoms with Crippen LogP contribution >= 0.6 is 11.6 Å². The number of carbonyl (C=O) groups excluding carboxylic acids is 2. The van der Waals surface area contributed by atoms with Gasteiger partial charge in [0.15, 0.2) is 0 Å². The fraction of sp³-hybridized carbons (Fsp3) is 0.273. The molecule has 90 valence electrons. The first kappa shape index (κ1) is 11.7. The van der Waals surface area contributed by atoms with Gasteiger partial charge in [0.05, 0.1) is 18.0 Å². The normalized spacial score (nSPS) is 17.8. The summed E-state index contributed by atoms with van der Waals surface area (Å²) in [5.41, 5.74) is 1.20. The molecule has 0 saturated heterocycles. The van der Waals surface area contributed by atoms with Crippen LogP contribution in [0.15, 0.2) is 18.2 Å². The van der Waals surface area contributed by atoms with Crippen molar-refractivity contribution >= 4 is 34.9 Å². The van der Waals surface area contributed by atoms with Gasteiger partial charge < -0.3 is 15.4 Å². The molecular weight excluding hydrogens is 244 g/mol. The lowest BCUT2D eigenvalue weighted by molar-refractivity contribution is -0.146. The number of hydrogen-bond donors (Lipinski definition) is 2. The van der Waals surface area contributed by atoms with Gasteiger partial charge in [0, 0.05) is 5.02 Å². The highest BCUT2D eigenvalue weighted by atomic mass is 35.5. The fourth-order valence-electron chi connectivity index (χ4n) is 1.56. The van der Waals surface area contributed by atoms with E-state index in [1.165, 1.54) is 0 Å². The van der Waals surface area contributed by atoms with E-state index >= 15 is 0 Å². The van der Waals surface area contributed by atoms with E-state index in [4.69, 9.17) is 16.3 Å². The van der Waals surface area contributed by atoms with Crippen molar-refractivity contribution < 1.29 is 14.3 Å². The molecule has 1 aliphatic rings. The second-order valence-electron chi connectivity index (χ2n) is 3.51. The summed E-state index contributed by atoms with van der Waals surface area (Å²) in [6.45, 7) is 1.92.